The molecule has 2 aromatic rings. The number of benzene rings is 1. The van der Waals surface area contributed by atoms with Crippen molar-refractivity contribution in [2.45, 2.75) is 17.3 Å². The summed E-state index contributed by atoms with van der Waals surface area (Å²) in [6.07, 6.45) is 0. The smallest absolute Gasteiger partial charge is 0.0708 e. The van der Waals surface area contributed by atoms with Crippen molar-refractivity contribution in [2.75, 3.05) is 0 Å². The molecular formula is C12H13NS3. The van der Waals surface area contributed by atoms with Gasteiger partial charge in [-0.2, -0.15) is 37.9 Å². The Hall–Kier alpha value is -0.320. The highest BCUT2D eigenvalue weighted by atomic mass is 32.1. The molecule has 1 aromatic carbocycles. The Kier molecular flexibility index (Phi) is 4.05. The molecule has 0 aliphatic rings. The Morgan fingerprint density at radius 2 is 1.69 bits per heavy atom. The molecular weight excluding hydrogens is 254 g/mol. The Morgan fingerprint density at radius 3 is 2.31 bits per heavy atom. The first-order valence-electron chi connectivity index (χ1n) is 5.03. The largest absolute Gasteiger partial charge is 0.252 e. The van der Waals surface area contributed by atoms with E-state index in [0.29, 0.717) is 11.5 Å². The van der Waals surface area contributed by atoms with E-state index in [1.807, 2.05) is 12.1 Å². The number of thiol groups is 3. The van der Waals surface area contributed by atoms with Gasteiger partial charge in [-0.15, -0.1) is 0 Å². The third-order valence-corrected chi connectivity index (χ3v) is 3.59. The molecule has 0 aliphatic heterocycles. The van der Waals surface area contributed by atoms with Crippen molar-refractivity contribution in [1.82, 2.24) is 4.98 Å². The van der Waals surface area contributed by atoms with Crippen LogP contribution in [0.2, 0.25) is 0 Å². The van der Waals surface area contributed by atoms with Gasteiger partial charge in [-0.3, -0.25) is 4.98 Å². The summed E-state index contributed by atoms with van der Waals surface area (Å²) in [5, 5.41) is 1.17. The van der Waals surface area contributed by atoms with Crippen molar-refractivity contribution in [3.8, 4) is 0 Å². The quantitative estimate of drug-likeness (QED) is 0.723. The second kappa shape index (κ2) is 5.34. The summed E-state index contributed by atoms with van der Waals surface area (Å²) in [6, 6.07) is 8.28. The van der Waals surface area contributed by atoms with E-state index in [9.17, 15) is 0 Å². The second-order valence-electron chi connectivity index (χ2n) is 3.55. The second-order valence-corrected chi connectivity index (χ2v) is 4.50. The van der Waals surface area contributed by atoms with Gasteiger partial charge in [-0.25, -0.2) is 0 Å². The van der Waals surface area contributed by atoms with Crippen LogP contribution in [-0.4, -0.2) is 4.98 Å². The average Bonchev–Trinajstić information content (AvgIpc) is 2.36. The van der Waals surface area contributed by atoms with Crippen LogP contribution in [0.25, 0.3) is 10.9 Å². The molecule has 1 aromatic heterocycles. The molecule has 1 heterocycles. The fraction of sp³-hybridized carbons (Fsp3) is 0.250. The Labute approximate surface area is 112 Å². The average molecular weight is 267 g/mol. The molecule has 4 heteroatoms. The van der Waals surface area contributed by atoms with Crippen molar-refractivity contribution in [2.24, 2.45) is 0 Å². The summed E-state index contributed by atoms with van der Waals surface area (Å²) in [5.74, 6) is 2.07. The lowest BCUT2D eigenvalue weighted by Gasteiger charge is -2.09. The topological polar surface area (TPSA) is 12.9 Å². The van der Waals surface area contributed by atoms with E-state index >= 15 is 0 Å². The Bertz CT molecular complexity index is 511. The van der Waals surface area contributed by atoms with Gasteiger partial charge < -0.3 is 0 Å². The van der Waals surface area contributed by atoms with E-state index < -0.39 is 0 Å². The molecule has 0 amide bonds. The van der Waals surface area contributed by atoms with E-state index in [-0.39, 0.29) is 0 Å². The van der Waals surface area contributed by atoms with Gasteiger partial charge in [0.25, 0.3) is 0 Å². The van der Waals surface area contributed by atoms with Crippen molar-refractivity contribution in [3.05, 3.63) is 41.1 Å². The van der Waals surface area contributed by atoms with Gasteiger partial charge in [0.15, 0.2) is 0 Å². The van der Waals surface area contributed by atoms with E-state index in [4.69, 9.17) is 0 Å². The van der Waals surface area contributed by atoms with Crippen LogP contribution in [-0.2, 0) is 17.3 Å². The monoisotopic (exact) mass is 267 g/mol. The minimum Gasteiger partial charge on any atom is -0.252 e. The van der Waals surface area contributed by atoms with Gasteiger partial charge in [0.2, 0.25) is 0 Å². The molecule has 0 radical (unpaired) electrons. The first kappa shape index (κ1) is 12.1. The van der Waals surface area contributed by atoms with Crippen LogP contribution in [0.5, 0.6) is 0 Å². The Balaban J connectivity index is 2.72. The standard InChI is InChI=1S/C12H13NS3/c14-5-8-2-1-3-11-10(8)4-9(6-15)12(7-16)13-11/h1-4,14-16H,5-7H2. The number of fused-ring (bicyclic) bond motifs is 1. The maximum absolute atomic E-state index is 4.61. The molecule has 0 saturated heterocycles. The summed E-state index contributed by atoms with van der Waals surface area (Å²) in [5.41, 5.74) is 4.39. The lowest BCUT2D eigenvalue weighted by molar-refractivity contribution is 1.16. The van der Waals surface area contributed by atoms with Crippen molar-refractivity contribution in [1.29, 1.82) is 0 Å². The van der Waals surface area contributed by atoms with Crippen molar-refractivity contribution >= 4 is 48.8 Å². The van der Waals surface area contributed by atoms with Crippen LogP contribution >= 0.6 is 37.9 Å². The number of nitrogens with zero attached hydrogens (tertiary/aromatic N) is 1. The predicted octanol–water partition coefficient (Wildman–Crippen LogP) is 3.52. The minimum absolute atomic E-state index is 0.650. The minimum atomic E-state index is 0.650. The van der Waals surface area contributed by atoms with Crippen molar-refractivity contribution < 1.29 is 0 Å². The lowest BCUT2D eigenvalue weighted by Crippen LogP contribution is -1.96. The van der Waals surface area contributed by atoms with E-state index in [1.165, 1.54) is 10.9 Å². The molecule has 2 rings (SSSR count). The van der Waals surface area contributed by atoms with Gasteiger partial charge >= 0.3 is 0 Å². The van der Waals surface area contributed by atoms with Gasteiger partial charge in [0, 0.05) is 22.6 Å². The first-order valence-corrected chi connectivity index (χ1v) is 6.93. The number of aromatic nitrogens is 1. The molecule has 0 bridgehead atoms. The third-order valence-electron chi connectivity index (χ3n) is 2.61. The fourth-order valence-corrected chi connectivity index (χ4v) is 2.57. The molecule has 0 atom stereocenters. The maximum Gasteiger partial charge on any atom is 0.0708 e. The summed E-state index contributed by atoms with van der Waals surface area (Å²) in [6.45, 7) is 0. The zero-order valence-corrected chi connectivity index (χ0v) is 11.4. The van der Waals surface area contributed by atoms with Crippen LogP contribution in [0.1, 0.15) is 16.8 Å². The molecule has 0 saturated carbocycles. The molecule has 0 N–H and O–H groups in total. The Morgan fingerprint density at radius 1 is 0.938 bits per heavy atom. The van der Waals surface area contributed by atoms with Crippen LogP contribution in [0.3, 0.4) is 0 Å². The van der Waals surface area contributed by atoms with Crippen LogP contribution in [0, 0.1) is 0 Å². The number of hydrogen-bond acceptors (Lipinski definition) is 4. The molecule has 1 nitrogen and oxygen atoms in total. The number of hydrogen-bond donors (Lipinski definition) is 3. The summed E-state index contributed by atoms with van der Waals surface area (Å²) in [4.78, 5) is 4.61. The zero-order chi connectivity index (χ0) is 11.5. The molecule has 0 aliphatic carbocycles. The predicted molar refractivity (Wildman–Crippen MR) is 79.8 cm³/mol. The summed E-state index contributed by atoms with van der Waals surface area (Å²) >= 11 is 13.0. The highest BCUT2D eigenvalue weighted by molar-refractivity contribution is 7.79. The number of pyridine rings is 1. The molecule has 0 fully saturated rings. The van der Waals surface area contributed by atoms with Crippen molar-refractivity contribution in [3.63, 3.8) is 0 Å². The molecule has 0 unspecified atom stereocenters. The van der Waals surface area contributed by atoms with Gasteiger partial charge in [0.05, 0.1) is 11.2 Å². The number of rotatable bonds is 3. The highest BCUT2D eigenvalue weighted by Crippen LogP contribution is 2.23. The molecule has 84 valence electrons. The highest BCUT2D eigenvalue weighted by Gasteiger charge is 2.06. The molecule has 16 heavy (non-hydrogen) atoms. The lowest BCUT2D eigenvalue weighted by atomic mass is 10.1. The molecule has 0 spiro atoms. The van der Waals surface area contributed by atoms with E-state index in [0.717, 1.165) is 22.5 Å². The summed E-state index contributed by atoms with van der Waals surface area (Å²) in [7, 11) is 0. The zero-order valence-electron chi connectivity index (χ0n) is 8.72. The van der Waals surface area contributed by atoms with Gasteiger partial charge in [-0.1, -0.05) is 12.1 Å². The van der Waals surface area contributed by atoms with Crippen LogP contribution in [0.4, 0.5) is 0 Å². The SMILES string of the molecule is SCc1cc2c(CS)cccc2nc1CS. The third kappa shape index (κ3) is 2.19. The normalized spacial score (nSPS) is 10.9. The van der Waals surface area contributed by atoms with E-state index in [1.54, 1.807) is 0 Å². The van der Waals surface area contributed by atoms with Crippen LogP contribution < -0.4 is 0 Å². The van der Waals surface area contributed by atoms with E-state index in [2.05, 4.69) is 55.0 Å². The first-order chi connectivity index (χ1) is 7.80. The fourth-order valence-electron chi connectivity index (χ4n) is 1.75. The maximum atomic E-state index is 4.61. The van der Waals surface area contributed by atoms with Gasteiger partial charge in [0.1, 0.15) is 0 Å². The summed E-state index contributed by atoms with van der Waals surface area (Å²) < 4.78 is 0. The van der Waals surface area contributed by atoms with Crippen LogP contribution in [0.15, 0.2) is 24.3 Å². The van der Waals surface area contributed by atoms with Gasteiger partial charge in [-0.05, 0) is 23.3 Å².